The first-order valence-electron chi connectivity index (χ1n) is 6.65. The van der Waals surface area contributed by atoms with Crippen molar-refractivity contribution in [2.24, 2.45) is 4.99 Å². The van der Waals surface area contributed by atoms with Crippen LogP contribution in [-0.2, 0) is 0 Å². The third kappa shape index (κ3) is 3.74. The normalized spacial score (nSPS) is 14.9. The van der Waals surface area contributed by atoms with Gasteiger partial charge in [0.2, 0.25) is 0 Å². The number of halogens is 2. The topological polar surface area (TPSA) is 82.7 Å². The van der Waals surface area contributed by atoms with E-state index in [0.717, 1.165) is 12.1 Å². The van der Waals surface area contributed by atoms with Crippen LogP contribution in [0.5, 0.6) is 0 Å². The van der Waals surface area contributed by atoms with Gasteiger partial charge in [0, 0.05) is 17.8 Å². The van der Waals surface area contributed by atoms with E-state index in [1.165, 1.54) is 6.20 Å². The molecule has 0 radical (unpaired) electrons. The Hall–Kier alpha value is -2.59. The third-order valence-corrected chi connectivity index (χ3v) is 2.92. The molecule has 0 unspecified atom stereocenters. The summed E-state index contributed by atoms with van der Waals surface area (Å²) in [6, 6.07) is 2.09. The molecule has 0 spiro atoms. The molecule has 0 amide bonds. The fourth-order valence-corrected chi connectivity index (χ4v) is 1.68. The van der Waals surface area contributed by atoms with E-state index in [1.807, 2.05) is 0 Å². The molecular formula is C15H16F2N4O. The molecule has 0 saturated carbocycles. The lowest BCUT2D eigenvalue weighted by Gasteiger charge is -2.18. The van der Waals surface area contributed by atoms with Gasteiger partial charge in [0.25, 0.3) is 0 Å². The van der Waals surface area contributed by atoms with Crippen molar-refractivity contribution in [3.05, 3.63) is 41.1 Å². The molecule has 1 aliphatic heterocycles. The van der Waals surface area contributed by atoms with Crippen LogP contribution in [-0.4, -0.2) is 30.3 Å². The van der Waals surface area contributed by atoms with Crippen LogP contribution >= 0.6 is 0 Å². The Kier molecular flexibility index (Phi) is 4.96. The van der Waals surface area contributed by atoms with Crippen molar-refractivity contribution in [3.8, 4) is 11.8 Å². The highest BCUT2D eigenvalue weighted by Gasteiger charge is 2.11. The second kappa shape index (κ2) is 6.91. The SMILES string of the molecule is C[C@@H](CO)NC1=NC=C(C#Cc2c(F)ccc(N)c2F)CN1. The number of nitrogens with one attached hydrogen (secondary N) is 2. The molecule has 1 aromatic rings. The second-order valence-corrected chi connectivity index (χ2v) is 4.79. The van der Waals surface area contributed by atoms with E-state index in [4.69, 9.17) is 10.8 Å². The zero-order valence-corrected chi connectivity index (χ0v) is 12.0. The Morgan fingerprint density at radius 2 is 2.23 bits per heavy atom. The molecule has 0 saturated heterocycles. The molecular weight excluding hydrogens is 290 g/mol. The quantitative estimate of drug-likeness (QED) is 0.479. The molecule has 2 rings (SSSR count). The van der Waals surface area contributed by atoms with Crippen LogP contribution in [0.3, 0.4) is 0 Å². The van der Waals surface area contributed by atoms with Gasteiger partial charge in [0.15, 0.2) is 11.8 Å². The number of rotatable bonds is 2. The number of guanidine groups is 1. The van der Waals surface area contributed by atoms with Crippen LogP contribution in [0.25, 0.3) is 0 Å². The molecule has 0 aliphatic carbocycles. The number of aliphatic hydroxyl groups is 1. The van der Waals surface area contributed by atoms with E-state index in [-0.39, 0.29) is 23.9 Å². The second-order valence-electron chi connectivity index (χ2n) is 4.79. The zero-order chi connectivity index (χ0) is 16.1. The number of hydrogen-bond donors (Lipinski definition) is 4. The molecule has 1 atom stereocenters. The summed E-state index contributed by atoms with van der Waals surface area (Å²) in [5.41, 5.74) is 5.45. The maximum atomic E-state index is 13.7. The van der Waals surface area contributed by atoms with E-state index in [2.05, 4.69) is 27.5 Å². The lowest BCUT2D eigenvalue weighted by atomic mass is 10.1. The van der Waals surface area contributed by atoms with Gasteiger partial charge in [0.05, 0.1) is 24.4 Å². The number of nitrogens with zero attached hydrogens (tertiary/aromatic N) is 1. The van der Waals surface area contributed by atoms with E-state index in [9.17, 15) is 8.78 Å². The first kappa shape index (κ1) is 15.8. The average molecular weight is 306 g/mol. The van der Waals surface area contributed by atoms with Gasteiger partial charge in [-0.05, 0) is 19.1 Å². The summed E-state index contributed by atoms with van der Waals surface area (Å²) in [6.45, 7) is 2.14. The number of aliphatic imine (C=N–C) groups is 1. The monoisotopic (exact) mass is 306 g/mol. The third-order valence-electron chi connectivity index (χ3n) is 2.92. The van der Waals surface area contributed by atoms with Crippen LogP contribution in [0.4, 0.5) is 14.5 Å². The average Bonchev–Trinajstić information content (AvgIpc) is 2.52. The molecule has 1 aliphatic rings. The molecule has 1 heterocycles. The number of hydrogen-bond acceptors (Lipinski definition) is 5. The number of nitrogens with two attached hydrogens (primary N) is 1. The maximum absolute atomic E-state index is 13.7. The van der Waals surface area contributed by atoms with Crippen molar-refractivity contribution in [1.29, 1.82) is 0 Å². The predicted octanol–water partition coefficient (Wildman–Crippen LogP) is 0.712. The summed E-state index contributed by atoms with van der Waals surface area (Å²) in [6.07, 6.45) is 1.50. The summed E-state index contributed by atoms with van der Waals surface area (Å²) in [5, 5.41) is 14.8. The number of nitrogen functional groups attached to an aromatic ring is 1. The molecule has 22 heavy (non-hydrogen) atoms. The highest BCUT2D eigenvalue weighted by molar-refractivity contribution is 5.82. The largest absolute Gasteiger partial charge is 0.396 e. The molecule has 0 aromatic heterocycles. The van der Waals surface area contributed by atoms with E-state index in [0.29, 0.717) is 18.1 Å². The summed E-state index contributed by atoms with van der Waals surface area (Å²) < 4.78 is 27.2. The van der Waals surface area contributed by atoms with Gasteiger partial charge in [0.1, 0.15) is 5.82 Å². The van der Waals surface area contributed by atoms with E-state index in [1.54, 1.807) is 6.92 Å². The van der Waals surface area contributed by atoms with Gasteiger partial charge in [-0.1, -0.05) is 11.8 Å². The van der Waals surface area contributed by atoms with Crippen LogP contribution in [0.15, 0.2) is 28.9 Å². The van der Waals surface area contributed by atoms with Crippen molar-refractivity contribution in [2.75, 3.05) is 18.9 Å². The molecule has 5 N–H and O–H groups in total. The van der Waals surface area contributed by atoms with Gasteiger partial charge in [-0.3, -0.25) is 0 Å². The first-order chi connectivity index (χ1) is 10.5. The first-order valence-corrected chi connectivity index (χ1v) is 6.65. The molecule has 7 heteroatoms. The van der Waals surface area contributed by atoms with Gasteiger partial charge in [-0.15, -0.1) is 0 Å². The number of aliphatic hydroxyl groups excluding tert-OH is 1. The van der Waals surface area contributed by atoms with Crippen molar-refractivity contribution in [2.45, 2.75) is 13.0 Å². The van der Waals surface area contributed by atoms with Gasteiger partial charge >= 0.3 is 0 Å². The fraction of sp³-hybridized carbons (Fsp3) is 0.267. The van der Waals surface area contributed by atoms with Gasteiger partial charge in [-0.2, -0.15) is 0 Å². The molecule has 116 valence electrons. The summed E-state index contributed by atoms with van der Waals surface area (Å²) >= 11 is 0. The Bertz CT molecular complexity index is 689. The van der Waals surface area contributed by atoms with Crippen molar-refractivity contribution in [1.82, 2.24) is 10.6 Å². The minimum absolute atomic E-state index is 0.0228. The Morgan fingerprint density at radius 1 is 1.45 bits per heavy atom. The minimum Gasteiger partial charge on any atom is -0.396 e. The smallest absolute Gasteiger partial charge is 0.196 e. The lowest BCUT2D eigenvalue weighted by Crippen LogP contribution is -2.45. The minimum atomic E-state index is -0.862. The lowest BCUT2D eigenvalue weighted by molar-refractivity contribution is 0.263. The standard InChI is InChI=1S/C15H16F2N4O/c1-9(8-22)21-15-19-6-10(7-20-15)2-3-11-12(16)4-5-13(18)14(11)17/h4-6,9,22H,7-8,18H2,1H3,(H2,19,20,21)/t9-/m0/s1. The highest BCUT2D eigenvalue weighted by atomic mass is 19.1. The van der Waals surface area contributed by atoms with Crippen LogP contribution in [0, 0.1) is 23.5 Å². The van der Waals surface area contributed by atoms with E-state index < -0.39 is 11.6 Å². The highest BCUT2D eigenvalue weighted by Crippen LogP contribution is 2.17. The van der Waals surface area contributed by atoms with Crippen LogP contribution < -0.4 is 16.4 Å². The Labute approximate surface area is 126 Å². The summed E-state index contributed by atoms with van der Waals surface area (Å²) in [4.78, 5) is 4.08. The maximum Gasteiger partial charge on any atom is 0.196 e. The molecule has 0 bridgehead atoms. The zero-order valence-electron chi connectivity index (χ0n) is 12.0. The van der Waals surface area contributed by atoms with Crippen LogP contribution in [0.2, 0.25) is 0 Å². The van der Waals surface area contributed by atoms with Gasteiger partial charge in [-0.25, -0.2) is 13.8 Å². The summed E-state index contributed by atoms with van der Waals surface area (Å²) in [5.74, 6) is 3.99. The molecule has 0 fully saturated rings. The Balaban J connectivity index is 2.16. The van der Waals surface area contributed by atoms with Crippen molar-refractivity contribution in [3.63, 3.8) is 0 Å². The Morgan fingerprint density at radius 3 is 2.86 bits per heavy atom. The van der Waals surface area contributed by atoms with Crippen molar-refractivity contribution < 1.29 is 13.9 Å². The summed E-state index contributed by atoms with van der Waals surface area (Å²) in [7, 11) is 0. The van der Waals surface area contributed by atoms with Gasteiger partial charge < -0.3 is 21.5 Å². The van der Waals surface area contributed by atoms with Crippen LogP contribution in [0.1, 0.15) is 12.5 Å². The number of benzene rings is 1. The molecule has 5 nitrogen and oxygen atoms in total. The van der Waals surface area contributed by atoms with E-state index >= 15 is 0 Å². The predicted molar refractivity (Wildman–Crippen MR) is 80.9 cm³/mol. The molecule has 1 aromatic carbocycles. The van der Waals surface area contributed by atoms with Crippen molar-refractivity contribution >= 4 is 11.6 Å². The fourth-order valence-electron chi connectivity index (χ4n) is 1.68. The number of anilines is 1.